The van der Waals surface area contributed by atoms with Crippen LogP contribution in [0.1, 0.15) is 30.7 Å². The van der Waals surface area contributed by atoms with Crippen LogP contribution < -0.4 is 15.2 Å². The van der Waals surface area contributed by atoms with Crippen molar-refractivity contribution in [3.8, 4) is 16.9 Å². The molecule has 1 aromatic heterocycles. The van der Waals surface area contributed by atoms with Gasteiger partial charge in [0.05, 0.1) is 11.8 Å². The largest absolute Gasteiger partial charge is 0.484 e. The molecule has 3 N–H and O–H groups in total. The maximum absolute atomic E-state index is 11.8. The number of carbonyl (C=O) groups is 1. The zero-order valence-corrected chi connectivity index (χ0v) is 19.6. The van der Waals surface area contributed by atoms with Crippen LogP contribution in [0, 0.1) is 12.8 Å². The highest BCUT2D eigenvalue weighted by molar-refractivity contribution is 7.89. The van der Waals surface area contributed by atoms with Gasteiger partial charge in [-0.15, -0.1) is 0 Å². The number of sulfonamides is 1. The molecule has 0 aliphatic heterocycles. The molecule has 0 radical (unpaired) electrons. The van der Waals surface area contributed by atoms with E-state index in [2.05, 4.69) is 38.1 Å². The molecule has 0 unspecified atom stereocenters. The van der Waals surface area contributed by atoms with Gasteiger partial charge in [-0.1, -0.05) is 43.7 Å². The van der Waals surface area contributed by atoms with Crippen molar-refractivity contribution in [1.29, 1.82) is 0 Å². The van der Waals surface area contributed by atoms with E-state index in [1.54, 1.807) is 6.07 Å². The first kappa shape index (κ1) is 23.7. The van der Waals surface area contributed by atoms with Crippen LogP contribution in [0.5, 0.6) is 5.75 Å². The van der Waals surface area contributed by atoms with E-state index in [1.807, 2.05) is 23.8 Å². The minimum absolute atomic E-state index is 0.343. The Kier molecular flexibility index (Phi) is 7.16. The Morgan fingerprint density at radius 2 is 1.84 bits per heavy atom. The van der Waals surface area contributed by atoms with Crippen LogP contribution in [0.4, 0.5) is 0 Å². The average molecular weight is 456 g/mol. The lowest BCUT2D eigenvalue weighted by atomic mass is 9.91. The number of benzene rings is 2. The molecule has 170 valence electrons. The van der Waals surface area contributed by atoms with Crippen LogP contribution in [0.15, 0.2) is 42.5 Å². The monoisotopic (exact) mass is 455 g/mol. The second kappa shape index (κ2) is 9.67. The van der Waals surface area contributed by atoms with Gasteiger partial charge in [-0.3, -0.25) is 14.5 Å². The van der Waals surface area contributed by atoms with Crippen molar-refractivity contribution in [3.05, 3.63) is 59.3 Å². The van der Waals surface area contributed by atoms with Gasteiger partial charge in [0, 0.05) is 17.6 Å². The second-order valence-corrected chi connectivity index (χ2v) is 10.1. The van der Waals surface area contributed by atoms with E-state index in [-0.39, 0.29) is 0 Å². The van der Waals surface area contributed by atoms with Crippen molar-refractivity contribution < 1.29 is 17.9 Å². The molecular weight excluding hydrogens is 426 g/mol. The molecule has 3 rings (SSSR count). The van der Waals surface area contributed by atoms with Gasteiger partial charge in [-0.05, 0) is 54.2 Å². The molecule has 0 bridgehead atoms. The summed E-state index contributed by atoms with van der Waals surface area (Å²) in [5, 5.41) is 0.864. The molecule has 1 heterocycles. The number of nitrogens with two attached hydrogens (primary N) is 1. The third kappa shape index (κ3) is 5.83. The molecule has 2 aromatic carbocycles. The van der Waals surface area contributed by atoms with E-state index < -0.39 is 22.5 Å². The van der Waals surface area contributed by atoms with E-state index in [4.69, 9.17) is 15.5 Å². The Balaban J connectivity index is 2.10. The van der Waals surface area contributed by atoms with E-state index in [9.17, 15) is 13.2 Å². The molecule has 7 nitrogen and oxygen atoms in total. The zero-order valence-electron chi connectivity index (χ0n) is 18.8. The summed E-state index contributed by atoms with van der Waals surface area (Å²) in [6, 6.07) is 13.6. The number of carbonyl (C=O) groups excluding carboxylic acids is 1. The predicted molar refractivity (Wildman–Crippen MR) is 127 cm³/mol. The Bertz CT molecular complexity index is 1240. The summed E-state index contributed by atoms with van der Waals surface area (Å²) < 4.78 is 29.9. The van der Waals surface area contributed by atoms with Crippen molar-refractivity contribution in [2.24, 2.45) is 11.7 Å². The van der Waals surface area contributed by atoms with Crippen LogP contribution in [0.2, 0.25) is 0 Å². The second-order valence-electron chi connectivity index (χ2n) is 8.35. The van der Waals surface area contributed by atoms with Crippen molar-refractivity contribution in [2.45, 2.75) is 33.7 Å². The third-order valence-electron chi connectivity index (χ3n) is 4.96. The summed E-state index contributed by atoms with van der Waals surface area (Å²) in [5.41, 5.74) is 12.2. The Morgan fingerprint density at radius 1 is 1.16 bits per heavy atom. The number of nitrogens with zero attached hydrogens (tertiary/aromatic N) is 1. The molecule has 8 heteroatoms. The number of ether oxygens (including phenoxy) is 1. The zero-order chi connectivity index (χ0) is 23.5. The summed E-state index contributed by atoms with van der Waals surface area (Å²) in [7, 11) is -3.64. The van der Waals surface area contributed by atoms with Gasteiger partial charge in [0.25, 0.3) is 5.91 Å². The molecular formula is C24H29N3O4S. The maximum atomic E-state index is 11.8. The molecule has 32 heavy (non-hydrogen) atoms. The number of rotatable bonds is 8. The van der Waals surface area contributed by atoms with Crippen molar-refractivity contribution >= 4 is 26.8 Å². The lowest BCUT2D eigenvalue weighted by molar-refractivity contribution is -0.121. The van der Waals surface area contributed by atoms with Crippen LogP contribution in [-0.2, 0) is 27.8 Å². The normalized spacial score (nSPS) is 11.7. The summed E-state index contributed by atoms with van der Waals surface area (Å²) >= 11 is 0. The SMILES string of the molecule is Cc1ccc(-c2c(CN)c(CC(C)C)nc3ccc(OCC(=O)NS(C)(=O)=O)cc23)cc1. The van der Waals surface area contributed by atoms with Gasteiger partial charge in [0.2, 0.25) is 10.0 Å². The van der Waals surface area contributed by atoms with Crippen molar-refractivity contribution in [1.82, 2.24) is 9.71 Å². The van der Waals surface area contributed by atoms with E-state index in [0.717, 1.165) is 51.5 Å². The average Bonchev–Trinajstić information content (AvgIpc) is 2.70. The standard InChI is InChI=1S/C24H29N3O4S/c1-15(2)11-22-20(13-25)24(17-7-5-16(3)6-8-17)19-12-18(9-10-21(19)26-22)31-14-23(28)27-32(4,29)30/h5-10,12,15H,11,13-14,25H2,1-4H3,(H,27,28). The van der Waals surface area contributed by atoms with Gasteiger partial charge in [-0.2, -0.15) is 0 Å². The molecule has 0 atom stereocenters. The summed E-state index contributed by atoms with van der Waals surface area (Å²) in [6.45, 7) is 6.26. The van der Waals surface area contributed by atoms with E-state index >= 15 is 0 Å². The molecule has 0 aliphatic rings. The number of nitrogens with one attached hydrogen (secondary N) is 1. The van der Waals surface area contributed by atoms with Crippen LogP contribution in [-0.4, -0.2) is 32.2 Å². The molecule has 0 aliphatic carbocycles. The quantitative estimate of drug-likeness (QED) is 0.539. The Morgan fingerprint density at radius 3 is 2.44 bits per heavy atom. The van der Waals surface area contributed by atoms with E-state index in [1.165, 1.54) is 0 Å². The number of fused-ring (bicyclic) bond motifs is 1. The Hall–Kier alpha value is -2.97. The molecule has 0 spiro atoms. The van der Waals surface area contributed by atoms with Gasteiger partial charge in [0.15, 0.2) is 6.61 Å². The minimum Gasteiger partial charge on any atom is -0.484 e. The van der Waals surface area contributed by atoms with E-state index in [0.29, 0.717) is 18.2 Å². The first-order chi connectivity index (χ1) is 15.1. The highest BCUT2D eigenvalue weighted by atomic mass is 32.2. The van der Waals surface area contributed by atoms with Crippen LogP contribution in [0.25, 0.3) is 22.0 Å². The maximum Gasteiger partial charge on any atom is 0.271 e. The van der Waals surface area contributed by atoms with Gasteiger partial charge >= 0.3 is 0 Å². The van der Waals surface area contributed by atoms with Crippen molar-refractivity contribution in [2.75, 3.05) is 12.9 Å². The predicted octanol–water partition coefficient (Wildman–Crippen LogP) is 3.32. The van der Waals surface area contributed by atoms with Gasteiger partial charge in [-0.25, -0.2) is 8.42 Å². The number of aromatic nitrogens is 1. The molecule has 3 aromatic rings. The van der Waals surface area contributed by atoms with Crippen molar-refractivity contribution in [3.63, 3.8) is 0 Å². The summed E-state index contributed by atoms with van der Waals surface area (Å²) in [6.07, 6.45) is 1.73. The lowest BCUT2D eigenvalue weighted by Gasteiger charge is -2.18. The molecule has 0 saturated carbocycles. The Labute approximate surface area is 189 Å². The highest BCUT2D eigenvalue weighted by Crippen LogP contribution is 2.35. The van der Waals surface area contributed by atoms with Crippen LogP contribution in [0.3, 0.4) is 0 Å². The molecule has 0 fully saturated rings. The number of hydrogen-bond donors (Lipinski definition) is 2. The number of hydrogen-bond acceptors (Lipinski definition) is 6. The van der Waals surface area contributed by atoms with Crippen LogP contribution >= 0.6 is 0 Å². The minimum atomic E-state index is -3.64. The topological polar surface area (TPSA) is 111 Å². The van der Waals surface area contributed by atoms with Gasteiger partial charge in [0.1, 0.15) is 5.75 Å². The fraction of sp³-hybridized carbons (Fsp3) is 0.333. The molecule has 0 saturated heterocycles. The first-order valence-electron chi connectivity index (χ1n) is 10.4. The number of aryl methyl sites for hydroxylation is 1. The van der Waals surface area contributed by atoms with Gasteiger partial charge < -0.3 is 10.5 Å². The molecule has 1 amide bonds. The highest BCUT2D eigenvalue weighted by Gasteiger charge is 2.18. The summed E-state index contributed by atoms with van der Waals surface area (Å²) in [5.74, 6) is 0.127. The number of pyridine rings is 1. The fourth-order valence-corrected chi connectivity index (χ4v) is 4.11. The fourth-order valence-electron chi connectivity index (χ4n) is 3.63. The number of amides is 1. The summed E-state index contributed by atoms with van der Waals surface area (Å²) in [4.78, 5) is 16.7. The smallest absolute Gasteiger partial charge is 0.271 e. The third-order valence-corrected chi connectivity index (χ3v) is 5.56. The first-order valence-corrected chi connectivity index (χ1v) is 12.3. The lowest BCUT2D eigenvalue weighted by Crippen LogP contribution is -2.33.